The van der Waals surface area contributed by atoms with E-state index in [1.807, 2.05) is 4.90 Å². The summed E-state index contributed by atoms with van der Waals surface area (Å²) in [6, 6.07) is 6.39. The van der Waals surface area contributed by atoms with Gasteiger partial charge in [-0.15, -0.1) is 0 Å². The summed E-state index contributed by atoms with van der Waals surface area (Å²) < 4.78 is 4.56. The number of ether oxygens (including phenoxy) is 1. The number of methoxy groups -OCH3 is 1. The number of carbonyl (C=O) groups is 3. The van der Waals surface area contributed by atoms with Crippen molar-refractivity contribution in [1.29, 1.82) is 0 Å². The highest BCUT2D eigenvalue weighted by Gasteiger charge is 2.24. The maximum absolute atomic E-state index is 12.6. The highest BCUT2D eigenvalue weighted by Crippen LogP contribution is 2.23. The monoisotopic (exact) mass is 358 g/mol. The molecule has 0 unspecified atom stereocenters. The van der Waals surface area contributed by atoms with Crippen molar-refractivity contribution in [2.24, 2.45) is 0 Å². The number of esters is 1. The summed E-state index contributed by atoms with van der Waals surface area (Å²) in [6.45, 7) is 2.15. The summed E-state index contributed by atoms with van der Waals surface area (Å²) in [5.74, 6) is -0.313. The molecule has 0 bridgehead atoms. The number of carbonyl (C=O) groups excluding carboxylic acids is 3. The highest BCUT2D eigenvalue weighted by atomic mass is 16.5. The molecule has 2 aliphatic rings. The Kier molecular flexibility index (Phi) is 5.91. The van der Waals surface area contributed by atoms with Crippen molar-refractivity contribution in [3.8, 4) is 0 Å². The lowest BCUT2D eigenvalue weighted by Gasteiger charge is -2.35. The van der Waals surface area contributed by atoms with E-state index in [1.165, 1.54) is 24.7 Å². The first-order valence-corrected chi connectivity index (χ1v) is 9.30. The number of amides is 2. The predicted molar refractivity (Wildman–Crippen MR) is 96.6 cm³/mol. The van der Waals surface area contributed by atoms with Gasteiger partial charge in [-0.25, -0.2) is 0 Å². The molecule has 26 heavy (non-hydrogen) atoms. The molecule has 0 atom stereocenters. The van der Waals surface area contributed by atoms with E-state index in [2.05, 4.69) is 22.9 Å². The molecule has 0 aromatic heterocycles. The summed E-state index contributed by atoms with van der Waals surface area (Å²) in [6.07, 6.45) is 4.16. The van der Waals surface area contributed by atoms with Crippen molar-refractivity contribution in [1.82, 2.24) is 9.80 Å². The van der Waals surface area contributed by atoms with E-state index in [0.29, 0.717) is 32.6 Å². The van der Waals surface area contributed by atoms with E-state index in [9.17, 15) is 14.4 Å². The fraction of sp³-hybridized carbons (Fsp3) is 0.550. The van der Waals surface area contributed by atoms with Crippen LogP contribution in [0.2, 0.25) is 0 Å². The van der Waals surface area contributed by atoms with Crippen molar-refractivity contribution < 1.29 is 19.1 Å². The fourth-order valence-electron chi connectivity index (χ4n) is 3.70. The van der Waals surface area contributed by atoms with Gasteiger partial charge < -0.3 is 14.5 Å². The molecule has 140 valence electrons. The summed E-state index contributed by atoms with van der Waals surface area (Å²) in [5, 5.41) is 0. The summed E-state index contributed by atoms with van der Waals surface area (Å²) in [7, 11) is 1.32. The minimum atomic E-state index is -0.374. The molecule has 3 rings (SSSR count). The van der Waals surface area contributed by atoms with Crippen LogP contribution in [-0.2, 0) is 38.4 Å². The fourth-order valence-corrected chi connectivity index (χ4v) is 3.70. The Morgan fingerprint density at radius 2 is 1.58 bits per heavy atom. The second-order valence-corrected chi connectivity index (χ2v) is 6.97. The minimum Gasteiger partial charge on any atom is -0.469 e. The number of aryl methyl sites for hydroxylation is 2. The number of nitrogens with zero attached hydrogens (tertiary/aromatic N) is 2. The van der Waals surface area contributed by atoms with Crippen molar-refractivity contribution in [2.45, 2.75) is 38.5 Å². The predicted octanol–water partition coefficient (Wildman–Crippen LogP) is 1.34. The molecule has 1 aromatic carbocycles. The molecule has 0 N–H and O–H groups in total. The highest BCUT2D eigenvalue weighted by molar-refractivity contribution is 5.82. The van der Waals surface area contributed by atoms with Crippen LogP contribution in [0.25, 0.3) is 0 Å². The van der Waals surface area contributed by atoms with E-state index < -0.39 is 0 Å². The van der Waals surface area contributed by atoms with E-state index in [1.54, 1.807) is 4.90 Å². The maximum atomic E-state index is 12.6. The van der Waals surface area contributed by atoms with Crippen LogP contribution in [0.15, 0.2) is 18.2 Å². The largest absolute Gasteiger partial charge is 0.469 e. The molecule has 0 saturated carbocycles. The zero-order valence-electron chi connectivity index (χ0n) is 15.3. The van der Waals surface area contributed by atoms with Gasteiger partial charge in [0.05, 0.1) is 20.0 Å². The smallest absolute Gasteiger partial charge is 0.306 e. The summed E-state index contributed by atoms with van der Waals surface area (Å²) >= 11 is 0. The van der Waals surface area contributed by atoms with Crippen LogP contribution in [0.4, 0.5) is 0 Å². The van der Waals surface area contributed by atoms with Crippen LogP contribution in [0.1, 0.15) is 36.0 Å². The second kappa shape index (κ2) is 8.34. The van der Waals surface area contributed by atoms with Gasteiger partial charge in [0.1, 0.15) is 0 Å². The number of fused-ring (bicyclic) bond motifs is 1. The third-order valence-corrected chi connectivity index (χ3v) is 5.27. The van der Waals surface area contributed by atoms with Gasteiger partial charge in [0, 0.05) is 32.6 Å². The van der Waals surface area contributed by atoms with Gasteiger partial charge in [0.2, 0.25) is 11.8 Å². The van der Waals surface area contributed by atoms with Gasteiger partial charge in [-0.3, -0.25) is 14.4 Å². The lowest BCUT2D eigenvalue weighted by molar-refractivity contribution is -0.144. The summed E-state index contributed by atoms with van der Waals surface area (Å²) in [4.78, 5) is 39.4. The molecule has 0 radical (unpaired) electrons. The molecule has 2 amide bonds. The molecule has 6 nitrogen and oxygen atoms in total. The van der Waals surface area contributed by atoms with Gasteiger partial charge in [0.15, 0.2) is 0 Å². The second-order valence-electron chi connectivity index (χ2n) is 6.97. The number of benzene rings is 1. The first-order valence-electron chi connectivity index (χ1n) is 9.30. The average molecular weight is 358 g/mol. The van der Waals surface area contributed by atoms with Gasteiger partial charge in [-0.1, -0.05) is 18.2 Å². The Hall–Kier alpha value is -2.37. The Morgan fingerprint density at radius 3 is 2.27 bits per heavy atom. The lowest BCUT2D eigenvalue weighted by Crippen LogP contribution is -2.51. The van der Waals surface area contributed by atoms with Crippen LogP contribution in [0.3, 0.4) is 0 Å². The van der Waals surface area contributed by atoms with Crippen molar-refractivity contribution >= 4 is 17.8 Å². The zero-order chi connectivity index (χ0) is 18.5. The Bertz CT molecular complexity index is 693. The third kappa shape index (κ3) is 4.42. The molecular weight excluding hydrogens is 332 g/mol. The molecule has 1 aliphatic carbocycles. The van der Waals surface area contributed by atoms with Crippen molar-refractivity contribution in [3.63, 3.8) is 0 Å². The molecule has 0 spiro atoms. The molecule has 1 saturated heterocycles. The van der Waals surface area contributed by atoms with Crippen molar-refractivity contribution in [2.75, 3.05) is 33.3 Å². The van der Waals surface area contributed by atoms with E-state index in [-0.39, 0.29) is 30.6 Å². The standard InChI is InChI=1S/C20H26N2O4/c1-26-20(25)8-7-18(23)21-9-11-22(12-10-21)19(24)14-15-5-6-16-3-2-4-17(16)13-15/h5-6,13H,2-4,7-12,14H2,1H3. The number of hydrogen-bond acceptors (Lipinski definition) is 4. The topological polar surface area (TPSA) is 66.9 Å². The third-order valence-electron chi connectivity index (χ3n) is 5.27. The summed E-state index contributed by atoms with van der Waals surface area (Å²) in [5.41, 5.74) is 3.88. The first kappa shape index (κ1) is 18.4. The van der Waals surface area contributed by atoms with E-state index in [0.717, 1.165) is 18.4 Å². The molecular formula is C20H26N2O4. The SMILES string of the molecule is COC(=O)CCC(=O)N1CCN(C(=O)Cc2ccc3c(c2)CCC3)CC1. The van der Waals surface area contributed by atoms with Gasteiger partial charge in [-0.2, -0.15) is 0 Å². The number of hydrogen-bond donors (Lipinski definition) is 0. The molecule has 1 heterocycles. The molecule has 1 aromatic rings. The van der Waals surface area contributed by atoms with E-state index >= 15 is 0 Å². The minimum absolute atomic E-state index is 0.0545. The number of piperazine rings is 1. The molecule has 1 fully saturated rings. The zero-order valence-corrected chi connectivity index (χ0v) is 15.3. The van der Waals surface area contributed by atoms with Crippen LogP contribution in [0.5, 0.6) is 0 Å². The normalized spacial score (nSPS) is 16.3. The lowest BCUT2D eigenvalue weighted by atomic mass is 10.0. The van der Waals surface area contributed by atoms with Gasteiger partial charge >= 0.3 is 5.97 Å². The van der Waals surface area contributed by atoms with Gasteiger partial charge in [0.25, 0.3) is 0 Å². The van der Waals surface area contributed by atoms with Crippen molar-refractivity contribution in [3.05, 3.63) is 34.9 Å². The maximum Gasteiger partial charge on any atom is 0.306 e. The van der Waals surface area contributed by atoms with Crippen LogP contribution < -0.4 is 0 Å². The number of rotatable bonds is 5. The van der Waals surface area contributed by atoms with E-state index in [4.69, 9.17) is 0 Å². The van der Waals surface area contributed by atoms with Gasteiger partial charge in [-0.05, 0) is 36.0 Å². The van der Waals surface area contributed by atoms with Crippen LogP contribution in [-0.4, -0.2) is 60.9 Å². The first-order chi connectivity index (χ1) is 12.6. The van der Waals surface area contributed by atoms with Crippen LogP contribution in [0, 0.1) is 0 Å². The molecule has 1 aliphatic heterocycles. The Labute approximate surface area is 154 Å². The van der Waals surface area contributed by atoms with Crippen LogP contribution >= 0.6 is 0 Å². The Morgan fingerprint density at radius 1 is 0.923 bits per heavy atom. The quantitative estimate of drug-likeness (QED) is 0.745. The average Bonchev–Trinajstić information content (AvgIpc) is 3.13. The Balaban J connectivity index is 1.46. The molecule has 6 heteroatoms.